The number of carbonyl (C=O) groups is 2. The standard InChI is InChI=1S/C9H14N2O3.C6H13NO2.C4H5NO/c1-9(2)13-6-7(14-9)4-11-8(12)5-10-3;1-6(2)8-4-5(3-7)9-6;1-4(6)3-5-2/h7H,4-6H2,1-2H3,(H,11,12);5H,3-4,7H2,1-2H3;3H2,1H3. The Hall–Kier alpha value is -2.08. The zero-order chi connectivity index (χ0) is 22.5. The van der Waals surface area contributed by atoms with Crippen LogP contribution in [0.25, 0.3) is 9.69 Å². The highest BCUT2D eigenvalue weighted by Crippen LogP contribution is 2.22. The molecule has 164 valence electrons. The Morgan fingerprint density at radius 2 is 1.48 bits per heavy atom. The molecule has 0 radical (unpaired) electrons. The van der Waals surface area contributed by atoms with E-state index in [1.165, 1.54) is 6.92 Å². The zero-order valence-electron chi connectivity index (χ0n) is 17.8. The van der Waals surface area contributed by atoms with E-state index in [1.807, 2.05) is 27.7 Å². The average molecular weight is 412 g/mol. The Morgan fingerprint density at radius 1 is 1.00 bits per heavy atom. The number of nitrogens with one attached hydrogen (secondary N) is 1. The molecule has 29 heavy (non-hydrogen) atoms. The number of ketones is 1. The Balaban J connectivity index is 0.000000448. The fourth-order valence-corrected chi connectivity index (χ4v) is 2.21. The molecule has 0 bridgehead atoms. The Bertz CT molecular complexity index is 609. The van der Waals surface area contributed by atoms with Gasteiger partial charge in [0.2, 0.25) is 5.78 Å². The van der Waals surface area contributed by atoms with Crippen LogP contribution in [0.1, 0.15) is 34.6 Å². The monoisotopic (exact) mass is 412 g/mol. The minimum Gasteiger partial charge on any atom is -0.348 e. The number of hydrogen-bond donors (Lipinski definition) is 2. The molecule has 2 aliphatic rings. The van der Waals surface area contributed by atoms with Crippen LogP contribution in [-0.4, -0.2) is 74.9 Å². The molecule has 1 amide bonds. The van der Waals surface area contributed by atoms with Crippen molar-refractivity contribution in [2.45, 2.75) is 58.4 Å². The van der Waals surface area contributed by atoms with Gasteiger partial charge in [0.05, 0.1) is 19.3 Å². The summed E-state index contributed by atoms with van der Waals surface area (Å²) in [5, 5.41) is 2.61. The number of ether oxygens (including phenoxy) is 4. The lowest BCUT2D eigenvalue weighted by Gasteiger charge is -2.16. The number of carbonyl (C=O) groups excluding carboxylic acids is 2. The van der Waals surface area contributed by atoms with E-state index in [0.29, 0.717) is 26.3 Å². The van der Waals surface area contributed by atoms with Gasteiger partial charge in [-0.25, -0.2) is 13.1 Å². The quantitative estimate of drug-likeness (QED) is 0.640. The van der Waals surface area contributed by atoms with E-state index in [1.54, 1.807) is 0 Å². The molecule has 2 atom stereocenters. The summed E-state index contributed by atoms with van der Waals surface area (Å²) in [5.74, 6) is -1.31. The van der Waals surface area contributed by atoms with Gasteiger partial charge in [-0.15, -0.1) is 0 Å². The number of amides is 1. The first-order chi connectivity index (χ1) is 13.4. The van der Waals surface area contributed by atoms with E-state index >= 15 is 0 Å². The summed E-state index contributed by atoms with van der Waals surface area (Å²) < 4.78 is 21.4. The minimum absolute atomic E-state index is 0.0278. The first kappa shape index (κ1) is 26.9. The summed E-state index contributed by atoms with van der Waals surface area (Å²) in [6.45, 7) is 23.4. The van der Waals surface area contributed by atoms with Gasteiger partial charge in [-0.1, -0.05) is 0 Å². The van der Waals surface area contributed by atoms with Gasteiger partial charge in [0.1, 0.15) is 6.10 Å². The van der Waals surface area contributed by atoms with Gasteiger partial charge in [-0.2, -0.15) is 0 Å². The number of rotatable bonds is 5. The highest BCUT2D eigenvalue weighted by atomic mass is 16.7. The maximum absolute atomic E-state index is 10.9. The van der Waals surface area contributed by atoms with Crippen LogP contribution in [0.5, 0.6) is 0 Å². The van der Waals surface area contributed by atoms with Gasteiger partial charge in [0, 0.05) is 20.0 Å². The van der Waals surface area contributed by atoms with E-state index in [-0.39, 0.29) is 37.0 Å². The summed E-state index contributed by atoms with van der Waals surface area (Å²) in [7, 11) is 0. The molecule has 2 rings (SSSR count). The fraction of sp³-hybridized carbons (Fsp3) is 0.789. The van der Waals surface area contributed by atoms with Crippen molar-refractivity contribution >= 4 is 11.7 Å². The molecule has 0 saturated carbocycles. The molecule has 0 aromatic carbocycles. The van der Waals surface area contributed by atoms with Crippen molar-refractivity contribution in [3.8, 4) is 0 Å². The summed E-state index contributed by atoms with van der Waals surface area (Å²) in [5.41, 5.74) is 5.35. The summed E-state index contributed by atoms with van der Waals surface area (Å²) >= 11 is 0. The molecule has 2 aliphatic heterocycles. The van der Waals surface area contributed by atoms with Crippen LogP contribution in [0, 0.1) is 13.1 Å². The topological polar surface area (TPSA) is 118 Å². The van der Waals surface area contributed by atoms with Crippen molar-refractivity contribution in [3.05, 3.63) is 22.8 Å². The Kier molecular flexibility index (Phi) is 12.3. The number of Topliss-reactive ketones (excluding diaryl/α,β-unsaturated/α-hetero) is 1. The first-order valence-electron chi connectivity index (χ1n) is 9.21. The number of nitrogens with zero attached hydrogens (tertiary/aromatic N) is 2. The molecule has 0 aromatic rings. The maximum Gasteiger partial charge on any atom is 0.300 e. The number of hydrogen-bond acceptors (Lipinski definition) is 7. The van der Waals surface area contributed by atoms with Gasteiger partial charge < -0.3 is 39.7 Å². The van der Waals surface area contributed by atoms with Crippen LogP contribution in [-0.2, 0) is 28.5 Å². The van der Waals surface area contributed by atoms with Gasteiger partial charge in [-0.05, 0) is 27.7 Å². The predicted molar refractivity (Wildman–Crippen MR) is 105 cm³/mol. The smallest absolute Gasteiger partial charge is 0.300 e. The highest BCUT2D eigenvalue weighted by Gasteiger charge is 2.33. The second kappa shape index (κ2) is 13.2. The molecule has 10 nitrogen and oxygen atoms in total. The minimum atomic E-state index is -0.560. The summed E-state index contributed by atoms with van der Waals surface area (Å²) in [6, 6.07) is 0. The van der Waals surface area contributed by atoms with Crippen molar-refractivity contribution < 1.29 is 28.5 Å². The molecule has 2 fully saturated rings. The van der Waals surface area contributed by atoms with E-state index in [0.717, 1.165) is 0 Å². The molecular weight excluding hydrogens is 380 g/mol. The fourth-order valence-electron chi connectivity index (χ4n) is 2.21. The van der Waals surface area contributed by atoms with Crippen molar-refractivity contribution in [1.82, 2.24) is 5.32 Å². The van der Waals surface area contributed by atoms with Crippen molar-refractivity contribution in [1.29, 1.82) is 0 Å². The predicted octanol–water partition coefficient (Wildman–Crippen LogP) is 0.765. The van der Waals surface area contributed by atoms with E-state index in [9.17, 15) is 9.59 Å². The highest BCUT2D eigenvalue weighted by molar-refractivity contribution is 5.79. The molecule has 0 spiro atoms. The van der Waals surface area contributed by atoms with Crippen LogP contribution >= 0.6 is 0 Å². The maximum atomic E-state index is 10.9. The molecule has 2 heterocycles. The third-order valence-corrected chi connectivity index (χ3v) is 3.45. The second-order valence-corrected chi connectivity index (χ2v) is 7.28. The normalized spacial score (nSPS) is 23.3. The Labute approximate surface area is 172 Å². The van der Waals surface area contributed by atoms with Crippen molar-refractivity contribution in [3.63, 3.8) is 0 Å². The van der Waals surface area contributed by atoms with Crippen molar-refractivity contribution in [2.24, 2.45) is 5.73 Å². The molecule has 0 aliphatic carbocycles. The van der Waals surface area contributed by atoms with Crippen LogP contribution in [0.2, 0.25) is 0 Å². The van der Waals surface area contributed by atoms with Crippen LogP contribution in [0.3, 0.4) is 0 Å². The van der Waals surface area contributed by atoms with Crippen molar-refractivity contribution in [2.75, 3.05) is 39.4 Å². The van der Waals surface area contributed by atoms with Gasteiger partial charge >= 0.3 is 0 Å². The van der Waals surface area contributed by atoms with Gasteiger partial charge in [0.15, 0.2) is 11.6 Å². The second-order valence-electron chi connectivity index (χ2n) is 7.28. The van der Waals surface area contributed by atoms with Gasteiger partial charge in [-0.3, -0.25) is 9.59 Å². The third-order valence-electron chi connectivity index (χ3n) is 3.45. The van der Waals surface area contributed by atoms with Gasteiger partial charge in [0.25, 0.3) is 19.0 Å². The number of nitrogens with two attached hydrogens (primary N) is 1. The zero-order valence-corrected chi connectivity index (χ0v) is 17.8. The average Bonchev–Trinajstić information content (AvgIpc) is 3.15. The lowest BCUT2D eigenvalue weighted by molar-refractivity contribution is -0.139. The summed E-state index contributed by atoms with van der Waals surface area (Å²) in [6.07, 6.45) is -0.0142. The summed E-state index contributed by atoms with van der Waals surface area (Å²) in [4.78, 5) is 26.6. The van der Waals surface area contributed by atoms with E-state index in [4.69, 9.17) is 37.8 Å². The molecule has 10 heteroatoms. The molecule has 2 saturated heterocycles. The molecule has 2 unspecified atom stereocenters. The lowest BCUT2D eigenvalue weighted by Crippen LogP contribution is -2.35. The lowest BCUT2D eigenvalue weighted by atomic mass is 10.3. The van der Waals surface area contributed by atoms with Crippen LogP contribution < -0.4 is 11.1 Å². The Morgan fingerprint density at radius 3 is 1.76 bits per heavy atom. The van der Waals surface area contributed by atoms with E-state index in [2.05, 4.69) is 15.0 Å². The molecule has 3 N–H and O–H groups in total. The molecular formula is C19H32N4O6. The third kappa shape index (κ3) is 13.7. The van der Waals surface area contributed by atoms with Crippen LogP contribution in [0.15, 0.2) is 0 Å². The SMILES string of the molecule is CC1(C)OCC(CN)O1.[C-]#[N+]CC(=O)NCC1COC(C)(C)O1.[C-]#[N+]CC(C)=O. The van der Waals surface area contributed by atoms with E-state index < -0.39 is 11.6 Å². The van der Waals surface area contributed by atoms with Crippen LogP contribution in [0.4, 0.5) is 0 Å². The largest absolute Gasteiger partial charge is 0.348 e. The first-order valence-corrected chi connectivity index (χ1v) is 9.21. The molecule has 0 aromatic heterocycles.